The van der Waals surface area contributed by atoms with E-state index in [1.807, 2.05) is 38.1 Å². The summed E-state index contributed by atoms with van der Waals surface area (Å²) in [6, 6.07) is 9.34. The lowest BCUT2D eigenvalue weighted by Crippen LogP contribution is -2.35. The van der Waals surface area contributed by atoms with Gasteiger partial charge < -0.3 is 20.3 Å². The minimum Gasteiger partial charge on any atom is -0.465 e. The smallest absolute Gasteiger partial charge is 0.337 e. The summed E-state index contributed by atoms with van der Waals surface area (Å²) in [7, 11) is 1.37. The van der Waals surface area contributed by atoms with Crippen LogP contribution < -0.4 is 15.5 Å². The number of amides is 1. The molecular weight excluding hydrogens is 420 g/mol. The topological polar surface area (TPSA) is 109 Å². The van der Waals surface area contributed by atoms with Crippen molar-refractivity contribution in [2.45, 2.75) is 39.3 Å². The second kappa shape index (κ2) is 9.40. The Kier molecular flexibility index (Phi) is 6.39. The van der Waals surface area contributed by atoms with E-state index in [-0.39, 0.29) is 24.0 Å². The van der Waals surface area contributed by atoms with Crippen LogP contribution in [0, 0.1) is 6.92 Å². The molecule has 2 N–H and O–H groups in total. The van der Waals surface area contributed by atoms with Crippen LogP contribution >= 0.6 is 0 Å². The van der Waals surface area contributed by atoms with Gasteiger partial charge in [0.15, 0.2) is 0 Å². The number of hydrogen-bond acceptors (Lipinski definition) is 8. The number of esters is 1. The molecule has 9 heteroatoms. The average molecular weight is 449 g/mol. The third-order valence-electron chi connectivity index (χ3n) is 5.76. The van der Waals surface area contributed by atoms with E-state index < -0.39 is 0 Å². The van der Waals surface area contributed by atoms with Crippen LogP contribution in [0.3, 0.4) is 0 Å². The normalized spacial score (nSPS) is 16.5. The van der Waals surface area contributed by atoms with Crippen molar-refractivity contribution in [1.29, 1.82) is 0 Å². The molecule has 2 aromatic heterocycles. The number of rotatable bonds is 6. The van der Waals surface area contributed by atoms with Gasteiger partial charge in [-0.2, -0.15) is 0 Å². The molecule has 0 unspecified atom stereocenters. The minimum absolute atomic E-state index is 0.0195. The fourth-order valence-electron chi connectivity index (χ4n) is 4.14. The lowest BCUT2D eigenvalue weighted by atomic mass is 10.0. The molecule has 1 aliphatic heterocycles. The highest BCUT2D eigenvalue weighted by Gasteiger charge is 2.24. The number of carbonyl (C=O) groups excluding carboxylic acids is 2. The van der Waals surface area contributed by atoms with Gasteiger partial charge in [0, 0.05) is 37.5 Å². The number of hydrogen-bond donors (Lipinski definition) is 2. The van der Waals surface area contributed by atoms with Gasteiger partial charge in [-0.15, -0.1) is 0 Å². The van der Waals surface area contributed by atoms with Crippen molar-refractivity contribution in [2.24, 2.45) is 0 Å². The maximum absolute atomic E-state index is 11.9. The summed E-state index contributed by atoms with van der Waals surface area (Å²) in [6.45, 7) is 6.93. The van der Waals surface area contributed by atoms with Gasteiger partial charge in [-0.1, -0.05) is 12.1 Å². The SMILES string of the molecule is COC(=O)c1cccc([C@@H](C)Nc2nc(C)nc3cnc(N4CC[C@@H](NC(C)=O)C4)cc23)c1. The summed E-state index contributed by atoms with van der Waals surface area (Å²) in [5.41, 5.74) is 2.19. The van der Waals surface area contributed by atoms with Crippen molar-refractivity contribution >= 4 is 34.4 Å². The fraction of sp³-hybridized carbons (Fsp3) is 0.375. The first-order chi connectivity index (χ1) is 15.8. The molecule has 1 fully saturated rings. The molecule has 9 nitrogen and oxygen atoms in total. The molecule has 2 atom stereocenters. The predicted molar refractivity (Wildman–Crippen MR) is 126 cm³/mol. The van der Waals surface area contributed by atoms with Crippen LogP contribution in [0.2, 0.25) is 0 Å². The van der Waals surface area contributed by atoms with Crippen LogP contribution in [-0.2, 0) is 9.53 Å². The summed E-state index contributed by atoms with van der Waals surface area (Å²) < 4.78 is 4.84. The zero-order valence-electron chi connectivity index (χ0n) is 19.3. The first-order valence-electron chi connectivity index (χ1n) is 11.0. The number of aromatic nitrogens is 3. The van der Waals surface area contributed by atoms with Crippen LogP contribution in [0.4, 0.5) is 11.6 Å². The molecule has 1 saturated heterocycles. The Bertz CT molecular complexity index is 1200. The molecule has 3 aromatic rings. The van der Waals surface area contributed by atoms with E-state index in [2.05, 4.69) is 30.5 Å². The Balaban J connectivity index is 1.61. The number of nitrogens with one attached hydrogen (secondary N) is 2. The fourth-order valence-corrected chi connectivity index (χ4v) is 4.14. The number of nitrogens with zero attached hydrogens (tertiary/aromatic N) is 4. The molecule has 1 aromatic carbocycles. The molecule has 0 bridgehead atoms. The second-order valence-corrected chi connectivity index (χ2v) is 8.29. The Labute approximate surface area is 192 Å². The minimum atomic E-state index is -0.369. The second-order valence-electron chi connectivity index (χ2n) is 8.29. The summed E-state index contributed by atoms with van der Waals surface area (Å²) >= 11 is 0. The number of pyridine rings is 1. The molecule has 0 aliphatic carbocycles. The van der Waals surface area contributed by atoms with Gasteiger partial charge in [0.05, 0.1) is 24.4 Å². The average Bonchev–Trinajstić information content (AvgIpc) is 3.26. The summed E-state index contributed by atoms with van der Waals surface area (Å²) in [6.07, 6.45) is 2.64. The van der Waals surface area contributed by atoms with E-state index in [9.17, 15) is 9.59 Å². The quantitative estimate of drug-likeness (QED) is 0.554. The van der Waals surface area contributed by atoms with Gasteiger partial charge in [0.25, 0.3) is 0 Å². The van der Waals surface area contributed by atoms with Gasteiger partial charge in [-0.05, 0) is 44.0 Å². The van der Waals surface area contributed by atoms with Crippen molar-refractivity contribution in [3.05, 3.63) is 53.5 Å². The number of ether oxygens (including phenoxy) is 1. The first kappa shape index (κ1) is 22.4. The number of methoxy groups -OCH3 is 1. The van der Waals surface area contributed by atoms with Crippen molar-refractivity contribution in [1.82, 2.24) is 20.3 Å². The largest absolute Gasteiger partial charge is 0.465 e. The maximum Gasteiger partial charge on any atom is 0.337 e. The number of carbonyl (C=O) groups is 2. The standard InChI is InChI=1S/C24H28N6O3/c1-14(17-6-5-7-18(10-17)24(32)33-4)26-23-20-11-22(25-12-21(20)27-15(2)28-23)30-9-8-19(13-30)29-16(3)31/h5-7,10-12,14,19H,8-9,13H2,1-4H3,(H,29,31)(H,26,27,28)/t14-,19-/m1/s1. The van der Waals surface area contributed by atoms with Crippen LogP contribution in [0.5, 0.6) is 0 Å². The Morgan fingerprint density at radius 1 is 1.24 bits per heavy atom. The Morgan fingerprint density at radius 2 is 2.06 bits per heavy atom. The Hall–Kier alpha value is -3.75. The van der Waals surface area contributed by atoms with Gasteiger partial charge in [-0.25, -0.2) is 19.7 Å². The van der Waals surface area contributed by atoms with E-state index in [1.165, 1.54) is 14.0 Å². The van der Waals surface area contributed by atoms with E-state index in [4.69, 9.17) is 4.74 Å². The van der Waals surface area contributed by atoms with Crippen LogP contribution in [0.1, 0.15) is 48.1 Å². The summed E-state index contributed by atoms with van der Waals surface area (Å²) in [4.78, 5) is 39.3. The molecule has 0 radical (unpaired) electrons. The first-order valence-corrected chi connectivity index (χ1v) is 11.0. The van der Waals surface area contributed by atoms with Crippen LogP contribution in [-0.4, -0.2) is 53.1 Å². The number of aryl methyl sites for hydroxylation is 1. The van der Waals surface area contributed by atoms with E-state index >= 15 is 0 Å². The van der Waals surface area contributed by atoms with Gasteiger partial charge in [-0.3, -0.25) is 4.79 Å². The van der Waals surface area contributed by atoms with Crippen LogP contribution in [0.15, 0.2) is 36.5 Å². The van der Waals surface area contributed by atoms with Gasteiger partial charge in [0.1, 0.15) is 17.5 Å². The zero-order chi connectivity index (χ0) is 23.5. The molecule has 3 heterocycles. The van der Waals surface area contributed by atoms with Crippen LogP contribution in [0.25, 0.3) is 10.9 Å². The highest BCUT2D eigenvalue weighted by atomic mass is 16.5. The van der Waals surface area contributed by atoms with E-state index in [1.54, 1.807) is 12.3 Å². The molecule has 1 amide bonds. The third kappa shape index (κ3) is 5.02. The van der Waals surface area contributed by atoms with Gasteiger partial charge in [0.2, 0.25) is 5.91 Å². The monoisotopic (exact) mass is 448 g/mol. The zero-order valence-corrected chi connectivity index (χ0v) is 19.3. The molecule has 1 aliphatic rings. The van der Waals surface area contributed by atoms with Crippen molar-refractivity contribution < 1.29 is 14.3 Å². The molecule has 33 heavy (non-hydrogen) atoms. The predicted octanol–water partition coefficient (Wildman–Crippen LogP) is 3.01. The summed E-state index contributed by atoms with van der Waals surface area (Å²) in [5.74, 6) is 1.78. The number of fused-ring (bicyclic) bond motifs is 1. The molecule has 172 valence electrons. The third-order valence-corrected chi connectivity index (χ3v) is 5.76. The lowest BCUT2D eigenvalue weighted by molar-refractivity contribution is -0.119. The number of benzene rings is 1. The Morgan fingerprint density at radius 3 is 2.82 bits per heavy atom. The van der Waals surface area contributed by atoms with Gasteiger partial charge >= 0.3 is 5.97 Å². The highest BCUT2D eigenvalue weighted by Crippen LogP contribution is 2.29. The highest BCUT2D eigenvalue weighted by molar-refractivity contribution is 5.91. The number of anilines is 2. The van der Waals surface area contributed by atoms with Crippen molar-refractivity contribution in [3.8, 4) is 0 Å². The molecular formula is C24H28N6O3. The van der Waals surface area contributed by atoms with E-state index in [0.29, 0.717) is 23.8 Å². The van der Waals surface area contributed by atoms with E-state index in [0.717, 1.165) is 35.2 Å². The molecule has 0 spiro atoms. The molecule has 0 saturated carbocycles. The summed E-state index contributed by atoms with van der Waals surface area (Å²) in [5, 5.41) is 7.32. The van der Waals surface area contributed by atoms with Crippen molar-refractivity contribution in [3.63, 3.8) is 0 Å². The molecule has 4 rings (SSSR count). The van der Waals surface area contributed by atoms with Crippen molar-refractivity contribution in [2.75, 3.05) is 30.4 Å². The lowest BCUT2D eigenvalue weighted by Gasteiger charge is -2.20. The maximum atomic E-state index is 11.9.